The molecule has 3 rings (SSSR count). The van der Waals surface area contributed by atoms with Crippen LogP contribution in [0.25, 0.3) is 0 Å². The highest BCUT2D eigenvalue weighted by molar-refractivity contribution is 5.93. The van der Waals surface area contributed by atoms with Gasteiger partial charge in [0.1, 0.15) is 0 Å². The molecule has 5 nitrogen and oxygen atoms in total. The van der Waals surface area contributed by atoms with Gasteiger partial charge >= 0.3 is 5.97 Å². The third-order valence-electron chi connectivity index (χ3n) is 5.00. The Morgan fingerprint density at radius 1 is 1.09 bits per heavy atom. The number of likely N-dealkylation sites (tertiary alicyclic amines) is 1. The van der Waals surface area contributed by atoms with Crippen molar-refractivity contribution in [1.29, 1.82) is 0 Å². The summed E-state index contributed by atoms with van der Waals surface area (Å²) in [7, 11) is 0. The number of carbonyl (C=O) groups is 2. The molecule has 0 radical (unpaired) electrons. The molecule has 1 N–H and O–H groups in total. The fraction of sp³-hybridized carbons (Fsp3) is 0.647. The molecule has 22 heavy (non-hydrogen) atoms. The lowest BCUT2D eigenvalue weighted by molar-refractivity contribution is 0.0639. The minimum Gasteiger partial charge on any atom is -0.475 e. The van der Waals surface area contributed by atoms with Crippen LogP contribution in [-0.4, -0.2) is 34.5 Å². The number of amides is 1. The predicted octanol–water partition coefficient (Wildman–Crippen LogP) is 3.55. The normalized spacial score (nSPS) is 22.9. The van der Waals surface area contributed by atoms with E-state index in [4.69, 9.17) is 9.52 Å². The molecule has 120 valence electrons. The van der Waals surface area contributed by atoms with E-state index in [1.165, 1.54) is 44.2 Å². The molecular weight excluding hydrogens is 282 g/mol. The van der Waals surface area contributed by atoms with E-state index in [0.717, 1.165) is 31.7 Å². The Hall–Kier alpha value is -1.78. The number of hydrogen-bond donors (Lipinski definition) is 1. The van der Waals surface area contributed by atoms with Crippen molar-refractivity contribution < 1.29 is 19.1 Å². The number of nitrogens with zero attached hydrogens (tertiary/aromatic N) is 1. The molecule has 1 atom stereocenters. The van der Waals surface area contributed by atoms with E-state index in [0.29, 0.717) is 0 Å². The van der Waals surface area contributed by atoms with E-state index in [1.54, 1.807) is 0 Å². The molecule has 1 aliphatic carbocycles. The Morgan fingerprint density at radius 3 is 2.50 bits per heavy atom. The van der Waals surface area contributed by atoms with Gasteiger partial charge in [-0.05, 0) is 37.3 Å². The van der Waals surface area contributed by atoms with E-state index in [2.05, 4.69) is 0 Å². The van der Waals surface area contributed by atoms with Crippen molar-refractivity contribution >= 4 is 11.9 Å². The van der Waals surface area contributed by atoms with Gasteiger partial charge in [0.25, 0.3) is 5.91 Å². The molecule has 1 aromatic heterocycles. The minimum atomic E-state index is -1.14. The van der Waals surface area contributed by atoms with Crippen LogP contribution in [0.1, 0.15) is 72.5 Å². The highest BCUT2D eigenvalue weighted by Gasteiger charge is 2.33. The number of rotatable bonds is 4. The van der Waals surface area contributed by atoms with E-state index < -0.39 is 5.97 Å². The maximum absolute atomic E-state index is 12.6. The highest BCUT2D eigenvalue weighted by atomic mass is 16.4. The Morgan fingerprint density at radius 2 is 1.82 bits per heavy atom. The van der Waals surface area contributed by atoms with Crippen molar-refractivity contribution in [1.82, 2.24) is 4.90 Å². The Balaban J connectivity index is 1.66. The average Bonchev–Trinajstić information content (AvgIpc) is 3.17. The fourth-order valence-electron chi connectivity index (χ4n) is 3.87. The zero-order valence-electron chi connectivity index (χ0n) is 12.8. The number of furan rings is 1. The quantitative estimate of drug-likeness (QED) is 0.923. The van der Waals surface area contributed by atoms with Gasteiger partial charge < -0.3 is 14.4 Å². The molecule has 2 aliphatic rings. The van der Waals surface area contributed by atoms with Gasteiger partial charge in [0, 0.05) is 12.6 Å². The van der Waals surface area contributed by atoms with Gasteiger partial charge in [0.05, 0.1) is 0 Å². The van der Waals surface area contributed by atoms with E-state index in [9.17, 15) is 9.59 Å². The first kappa shape index (κ1) is 15.1. The van der Waals surface area contributed by atoms with Crippen LogP contribution >= 0.6 is 0 Å². The van der Waals surface area contributed by atoms with E-state index in [-0.39, 0.29) is 23.5 Å². The van der Waals surface area contributed by atoms with Gasteiger partial charge in [-0.25, -0.2) is 4.79 Å². The van der Waals surface area contributed by atoms with Crippen LogP contribution in [0.3, 0.4) is 0 Å². The maximum atomic E-state index is 12.6. The second kappa shape index (κ2) is 6.55. The topological polar surface area (TPSA) is 70.8 Å². The van der Waals surface area contributed by atoms with Gasteiger partial charge in [-0.1, -0.05) is 32.1 Å². The summed E-state index contributed by atoms with van der Waals surface area (Å²) in [4.78, 5) is 25.3. The summed E-state index contributed by atoms with van der Waals surface area (Å²) in [5.41, 5.74) is 0. The van der Waals surface area contributed by atoms with Gasteiger partial charge in [-0.3, -0.25) is 4.79 Å². The van der Waals surface area contributed by atoms with Crippen molar-refractivity contribution in [3.63, 3.8) is 0 Å². The lowest BCUT2D eigenvalue weighted by atomic mass is 9.84. The standard InChI is InChI=1S/C17H23NO4/c19-16(14-8-9-15(22-14)17(20)21)18-10-4-7-13(18)11-12-5-2-1-3-6-12/h8-9,12-13H,1-7,10-11H2,(H,20,21). The maximum Gasteiger partial charge on any atom is 0.371 e. The van der Waals surface area contributed by atoms with Gasteiger partial charge in [0.15, 0.2) is 5.76 Å². The predicted molar refractivity (Wildman–Crippen MR) is 80.9 cm³/mol. The smallest absolute Gasteiger partial charge is 0.371 e. The van der Waals surface area contributed by atoms with Gasteiger partial charge in [-0.15, -0.1) is 0 Å². The van der Waals surface area contributed by atoms with Gasteiger partial charge in [0.2, 0.25) is 5.76 Å². The minimum absolute atomic E-state index is 0.146. The SMILES string of the molecule is O=C(O)c1ccc(C(=O)N2CCCC2CC2CCCCC2)o1. The summed E-state index contributed by atoms with van der Waals surface area (Å²) in [5.74, 6) is -0.595. The van der Waals surface area contributed by atoms with Crippen LogP contribution in [0, 0.1) is 5.92 Å². The number of carboxylic acids is 1. The lowest BCUT2D eigenvalue weighted by Gasteiger charge is -2.29. The largest absolute Gasteiger partial charge is 0.475 e. The van der Waals surface area contributed by atoms with Crippen molar-refractivity contribution in [3.05, 3.63) is 23.7 Å². The Bertz CT molecular complexity index is 545. The second-order valence-electron chi connectivity index (χ2n) is 6.50. The fourth-order valence-corrected chi connectivity index (χ4v) is 3.87. The number of carbonyl (C=O) groups excluding carboxylic acids is 1. The van der Waals surface area contributed by atoms with Crippen LogP contribution < -0.4 is 0 Å². The summed E-state index contributed by atoms with van der Waals surface area (Å²) in [6.45, 7) is 0.749. The van der Waals surface area contributed by atoms with Crippen LogP contribution in [0.2, 0.25) is 0 Å². The number of aromatic carboxylic acids is 1. The lowest BCUT2D eigenvalue weighted by Crippen LogP contribution is -2.36. The molecule has 0 spiro atoms. The molecule has 1 aliphatic heterocycles. The summed E-state index contributed by atoms with van der Waals surface area (Å²) < 4.78 is 5.17. The molecule has 1 saturated heterocycles. The third-order valence-corrected chi connectivity index (χ3v) is 5.00. The molecule has 0 bridgehead atoms. The Kier molecular flexibility index (Phi) is 4.50. The van der Waals surface area contributed by atoms with Crippen LogP contribution in [-0.2, 0) is 0 Å². The third kappa shape index (κ3) is 3.18. The zero-order valence-corrected chi connectivity index (χ0v) is 12.8. The van der Waals surface area contributed by atoms with Crippen molar-refractivity contribution in [2.75, 3.05) is 6.54 Å². The van der Waals surface area contributed by atoms with Crippen molar-refractivity contribution in [3.8, 4) is 0 Å². The summed E-state index contributed by atoms with van der Waals surface area (Å²) >= 11 is 0. The molecule has 1 saturated carbocycles. The van der Waals surface area contributed by atoms with Crippen LogP contribution in [0.4, 0.5) is 0 Å². The van der Waals surface area contributed by atoms with Crippen LogP contribution in [0.5, 0.6) is 0 Å². The summed E-state index contributed by atoms with van der Waals surface area (Å²) in [5, 5.41) is 8.89. The van der Waals surface area contributed by atoms with Crippen molar-refractivity contribution in [2.24, 2.45) is 5.92 Å². The number of carboxylic acid groups (broad SMARTS) is 1. The van der Waals surface area contributed by atoms with E-state index in [1.807, 2.05) is 4.90 Å². The highest BCUT2D eigenvalue weighted by Crippen LogP contribution is 2.32. The van der Waals surface area contributed by atoms with Crippen LogP contribution in [0.15, 0.2) is 16.5 Å². The Labute approximate surface area is 130 Å². The first-order valence-corrected chi connectivity index (χ1v) is 8.29. The van der Waals surface area contributed by atoms with Crippen molar-refractivity contribution in [2.45, 2.75) is 57.4 Å². The average molecular weight is 305 g/mol. The first-order chi connectivity index (χ1) is 10.6. The molecule has 2 fully saturated rings. The molecule has 0 aromatic carbocycles. The monoisotopic (exact) mass is 305 g/mol. The molecule has 5 heteroatoms. The molecular formula is C17H23NO4. The van der Waals surface area contributed by atoms with Gasteiger partial charge in [-0.2, -0.15) is 0 Å². The summed E-state index contributed by atoms with van der Waals surface area (Å²) in [6.07, 6.45) is 9.68. The second-order valence-corrected chi connectivity index (χ2v) is 6.50. The molecule has 1 aromatic rings. The number of hydrogen-bond acceptors (Lipinski definition) is 3. The molecule has 1 unspecified atom stereocenters. The zero-order chi connectivity index (χ0) is 15.5. The van der Waals surface area contributed by atoms with E-state index >= 15 is 0 Å². The molecule has 1 amide bonds. The summed E-state index contributed by atoms with van der Waals surface area (Å²) in [6, 6.07) is 3.11. The molecule has 2 heterocycles. The first-order valence-electron chi connectivity index (χ1n) is 8.29.